The first kappa shape index (κ1) is 19.6. The summed E-state index contributed by atoms with van der Waals surface area (Å²) < 4.78 is 5.33. The normalized spacial score (nSPS) is 17.2. The van der Waals surface area contributed by atoms with Crippen LogP contribution in [0.1, 0.15) is 23.5 Å². The molecule has 2 aliphatic heterocycles. The van der Waals surface area contributed by atoms with Crippen molar-refractivity contribution in [2.45, 2.75) is 26.7 Å². The Morgan fingerprint density at radius 3 is 2.59 bits per heavy atom. The van der Waals surface area contributed by atoms with Gasteiger partial charge in [-0.3, -0.25) is 9.69 Å². The van der Waals surface area contributed by atoms with E-state index in [2.05, 4.69) is 25.8 Å². The van der Waals surface area contributed by atoms with Crippen molar-refractivity contribution in [1.29, 1.82) is 0 Å². The predicted octanol–water partition coefficient (Wildman–Crippen LogP) is 2.20. The topological polar surface area (TPSA) is 61.8 Å². The van der Waals surface area contributed by atoms with Crippen molar-refractivity contribution in [3.8, 4) is 5.75 Å². The van der Waals surface area contributed by atoms with Gasteiger partial charge < -0.3 is 14.5 Å². The van der Waals surface area contributed by atoms with E-state index in [0.29, 0.717) is 6.54 Å². The summed E-state index contributed by atoms with van der Waals surface area (Å²) in [7, 11) is 1.68. The van der Waals surface area contributed by atoms with E-state index < -0.39 is 0 Å². The number of fused-ring (bicyclic) bond motifs is 1. The molecule has 2 aromatic rings. The summed E-state index contributed by atoms with van der Waals surface area (Å²) in [6, 6.07) is 8.05. The van der Waals surface area contributed by atoms with Crippen LogP contribution in [0.3, 0.4) is 0 Å². The highest BCUT2D eigenvalue weighted by Crippen LogP contribution is 2.30. The molecule has 0 atom stereocenters. The van der Waals surface area contributed by atoms with E-state index in [4.69, 9.17) is 4.74 Å². The van der Waals surface area contributed by atoms with Crippen LogP contribution in [-0.4, -0.2) is 67.2 Å². The van der Waals surface area contributed by atoms with Crippen LogP contribution in [0, 0.1) is 13.8 Å². The van der Waals surface area contributed by atoms with Gasteiger partial charge in [0.05, 0.1) is 13.7 Å². The first-order valence-electron chi connectivity index (χ1n) is 10.3. The summed E-state index contributed by atoms with van der Waals surface area (Å²) in [6.45, 7) is 8.64. The minimum atomic E-state index is 0.179. The number of aryl methyl sites for hydroxylation is 3. The predicted molar refractivity (Wildman–Crippen MR) is 114 cm³/mol. The minimum absolute atomic E-state index is 0.179. The smallest absolute Gasteiger partial charge is 0.241 e. The molecule has 29 heavy (non-hydrogen) atoms. The van der Waals surface area contributed by atoms with Crippen LogP contribution in [0.25, 0.3) is 0 Å². The van der Waals surface area contributed by atoms with E-state index in [1.807, 2.05) is 36.9 Å². The molecule has 0 spiro atoms. The molecule has 4 rings (SSSR count). The highest BCUT2D eigenvalue weighted by Gasteiger charge is 2.26. The summed E-state index contributed by atoms with van der Waals surface area (Å²) in [4.78, 5) is 28.4. The molecule has 1 amide bonds. The van der Waals surface area contributed by atoms with Crippen molar-refractivity contribution in [1.82, 2.24) is 14.9 Å². The van der Waals surface area contributed by atoms with Gasteiger partial charge in [-0.1, -0.05) is 0 Å². The number of ether oxygens (including phenoxy) is 1. The van der Waals surface area contributed by atoms with Crippen LogP contribution in [0.2, 0.25) is 0 Å². The van der Waals surface area contributed by atoms with Crippen LogP contribution in [0.4, 0.5) is 11.5 Å². The van der Waals surface area contributed by atoms with Crippen molar-refractivity contribution < 1.29 is 9.53 Å². The summed E-state index contributed by atoms with van der Waals surface area (Å²) in [6.07, 6.45) is 1.98. The molecular weight excluding hydrogens is 366 g/mol. The average molecular weight is 396 g/mol. The van der Waals surface area contributed by atoms with Crippen molar-refractivity contribution in [3.05, 3.63) is 41.3 Å². The molecule has 1 aromatic carbocycles. The Bertz CT molecular complexity index is 873. The molecule has 0 N–H and O–H groups in total. The van der Waals surface area contributed by atoms with E-state index in [1.165, 1.54) is 5.56 Å². The second kappa shape index (κ2) is 8.37. The van der Waals surface area contributed by atoms with Gasteiger partial charge in [-0.15, -0.1) is 0 Å². The zero-order valence-electron chi connectivity index (χ0n) is 17.5. The largest absolute Gasteiger partial charge is 0.497 e. The molecule has 154 valence electrons. The maximum atomic E-state index is 13.0. The molecule has 7 nitrogen and oxygen atoms in total. The van der Waals surface area contributed by atoms with Gasteiger partial charge in [-0.2, -0.15) is 0 Å². The lowest BCUT2D eigenvalue weighted by atomic mass is 10.0. The average Bonchev–Trinajstić information content (AvgIpc) is 2.72. The fourth-order valence-electron chi connectivity index (χ4n) is 4.23. The zero-order chi connectivity index (χ0) is 20.4. The van der Waals surface area contributed by atoms with Crippen LogP contribution in [0.5, 0.6) is 5.75 Å². The van der Waals surface area contributed by atoms with Crippen LogP contribution < -0.4 is 14.5 Å². The number of hydrogen-bond donors (Lipinski definition) is 0. The highest BCUT2D eigenvalue weighted by atomic mass is 16.5. The summed E-state index contributed by atoms with van der Waals surface area (Å²) >= 11 is 0. The Morgan fingerprint density at radius 2 is 1.86 bits per heavy atom. The number of benzene rings is 1. The lowest BCUT2D eigenvalue weighted by Gasteiger charge is -2.37. The van der Waals surface area contributed by atoms with E-state index in [-0.39, 0.29) is 5.91 Å². The molecule has 2 aliphatic rings. The third-order valence-corrected chi connectivity index (χ3v) is 5.71. The number of rotatable bonds is 4. The van der Waals surface area contributed by atoms with Crippen molar-refractivity contribution in [3.63, 3.8) is 0 Å². The van der Waals surface area contributed by atoms with Gasteiger partial charge in [0, 0.05) is 50.2 Å². The Labute approximate surface area is 172 Å². The van der Waals surface area contributed by atoms with Crippen molar-refractivity contribution >= 4 is 17.4 Å². The number of hydrogen-bond acceptors (Lipinski definition) is 6. The van der Waals surface area contributed by atoms with Crippen LogP contribution in [-0.2, 0) is 11.2 Å². The molecular formula is C22H29N5O2. The lowest BCUT2D eigenvalue weighted by Crippen LogP contribution is -2.51. The Kier molecular flexibility index (Phi) is 5.67. The fourth-order valence-corrected chi connectivity index (χ4v) is 4.23. The number of nitrogens with zero attached hydrogens (tertiary/aromatic N) is 5. The number of piperazine rings is 1. The number of amides is 1. The quantitative estimate of drug-likeness (QED) is 0.791. The zero-order valence-corrected chi connectivity index (χ0v) is 17.5. The highest BCUT2D eigenvalue weighted by molar-refractivity contribution is 5.96. The molecule has 1 fully saturated rings. The van der Waals surface area contributed by atoms with Gasteiger partial charge in [0.25, 0.3) is 0 Å². The summed E-state index contributed by atoms with van der Waals surface area (Å²) in [5.74, 6) is 2.82. The van der Waals surface area contributed by atoms with Crippen LogP contribution in [0.15, 0.2) is 24.3 Å². The second-order valence-electron chi connectivity index (χ2n) is 7.82. The number of carbonyl (C=O) groups is 1. The van der Waals surface area contributed by atoms with E-state index in [0.717, 1.165) is 74.3 Å². The van der Waals surface area contributed by atoms with Gasteiger partial charge in [0.15, 0.2) is 0 Å². The standard InChI is InChI=1S/C22H29N5O2/c1-16-13-21(24-17(2)23-16)26-11-9-25(10-12-26)15-22(28)27-8-4-5-18-14-19(29-3)6-7-20(18)27/h6-7,13-14H,4-5,8-12,15H2,1-3H3. The number of anilines is 2. The summed E-state index contributed by atoms with van der Waals surface area (Å²) in [5, 5.41) is 0. The SMILES string of the molecule is COc1ccc2c(c1)CCCN2C(=O)CN1CCN(c2cc(C)nc(C)n2)CC1. The maximum absolute atomic E-state index is 13.0. The molecule has 7 heteroatoms. The van der Waals surface area contributed by atoms with Gasteiger partial charge >= 0.3 is 0 Å². The van der Waals surface area contributed by atoms with E-state index in [9.17, 15) is 4.79 Å². The number of carbonyl (C=O) groups excluding carboxylic acids is 1. The monoisotopic (exact) mass is 395 g/mol. The molecule has 0 unspecified atom stereocenters. The molecule has 0 bridgehead atoms. The first-order valence-corrected chi connectivity index (χ1v) is 10.3. The van der Waals surface area contributed by atoms with Crippen molar-refractivity contribution in [2.24, 2.45) is 0 Å². The second-order valence-corrected chi connectivity index (χ2v) is 7.82. The minimum Gasteiger partial charge on any atom is -0.497 e. The van der Waals surface area contributed by atoms with Gasteiger partial charge in [0.1, 0.15) is 17.4 Å². The Morgan fingerprint density at radius 1 is 1.07 bits per heavy atom. The molecule has 0 aliphatic carbocycles. The van der Waals surface area contributed by atoms with Gasteiger partial charge in [0.2, 0.25) is 5.91 Å². The van der Waals surface area contributed by atoms with Crippen LogP contribution >= 0.6 is 0 Å². The molecule has 0 radical (unpaired) electrons. The molecule has 1 saturated heterocycles. The molecule has 3 heterocycles. The first-order chi connectivity index (χ1) is 14.0. The third-order valence-electron chi connectivity index (χ3n) is 5.71. The Balaban J connectivity index is 1.37. The molecule has 0 saturated carbocycles. The van der Waals surface area contributed by atoms with Crippen molar-refractivity contribution in [2.75, 3.05) is 56.2 Å². The molecule has 1 aromatic heterocycles. The third kappa shape index (κ3) is 4.34. The number of methoxy groups -OCH3 is 1. The van der Waals surface area contributed by atoms with Gasteiger partial charge in [-0.05, 0) is 50.5 Å². The Hall–Kier alpha value is -2.67. The summed E-state index contributed by atoms with van der Waals surface area (Å²) in [5.41, 5.74) is 3.22. The maximum Gasteiger partial charge on any atom is 0.241 e. The van der Waals surface area contributed by atoms with Gasteiger partial charge in [-0.25, -0.2) is 9.97 Å². The number of aromatic nitrogens is 2. The van der Waals surface area contributed by atoms with E-state index in [1.54, 1.807) is 7.11 Å². The lowest BCUT2D eigenvalue weighted by molar-refractivity contribution is -0.119. The fraction of sp³-hybridized carbons (Fsp3) is 0.500. The van der Waals surface area contributed by atoms with E-state index >= 15 is 0 Å².